The van der Waals surface area contributed by atoms with Crippen molar-refractivity contribution >= 4 is 27.3 Å². The van der Waals surface area contributed by atoms with Crippen molar-refractivity contribution in [1.82, 2.24) is 9.88 Å². The van der Waals surface area contributed by atoms with Crippen molar-refractivity contribution in [2.75, 3.05) is 44.7 Å². The van der Waals surface area contributed by atoms with Crippen LogP contribution in [0.1, 0.15) is 5.56 Å². The van der Waals surface area contributed by atoms with E-state index < -0.39 is 9.84 Å². The zero-order valence-electron chi connectivity index (χ0n) is 17.2. The van der Waals surface area contributed by atoms with Crippen LogP contribution in [0, 0.1) is 6.92 Å². The summed E-state index contributed by atoms with van der Waals surface area (Å²) >= 11 is 5.93. The van der Waals surface area contributed by atoms with E-state index in [2.05, 4.69) is 15.2 Å². The van der Waals surface area contributed by atoms with Crippen LogP contribution >= 0.6 is 11.6 Å². The molecule has 2 heterocycles. The standard InChI is InChI=1S/C22H24ClN3O4S/c1-16-3-2-4-17(15-16)20-25-22(31(27,28)19-7-5-18(23)6-8-19)21(30-20)24-9-10-26-11-13-29-14-12-26/h2-8,15,24H,9-14H2,1H3. The summed E-state index contributed by atoms with van der Waals surface area (Å²) in [5.74, 6) is 0.393. The largest absolute Gasteiger partial charge is 0.419 e. The van der Waals surface area contributed by atoms with Gasteiger partial charge >= 0.3 is 0 Å². The van der Waals surface area contributed by atoms with E-state index in [4.69, 9.17) is 20.8 Å². The summed E-state index contributed by atoms with van der Waals surface area (Å²) in [6.07, 6.45) is 0. The number of nitrogens with zero attached hydrogens (tertiary/aromatic N) is 2. The number of sulfone groups is 1. The SMILES string of the molecule is Cc1cccc(-c2nc(S(=O)(=O)c3ccc(Cl)cc3)c(NCCN3CCOCC3)o2)c1. The van der Waals surface area contributed by atoms with Crippen molar-refractivity contribution in [3.63, 3.8) is 0 Å². The summed E-state index contributed by atoms with van der Waals surface area (Å²) in [4.78, 5) is 6.73. The molecule has 0 spiro atoms. The molecule has 1 aliphatic heterocycles. The van der Waals surface area contributed by atoms with Crippen molar-refractivity contribution in [2.24, 2.45) is 0 Å². The molecule has 4 rings (SSSR count). The Hall–Kier alpha value is -2.39. The lowest BCUT2D eigenvalue weighted by Crippen LogP contribution is -2.39. The van der Waals surface area contributed by atoms with Gasteiger partial charge in [0.25, 0.3) is 0 Å². The molecular weight excluding hydrogens is 438 g/mol. The first-order valence-electron chi connectivity index (χ1n) is 10.1. The first-order chi connectivity index (χ1) is 14.9. The molecule has 3 aromatic rings. The maximum absolute atomic E-state index is 13.3. The van der Waals surface area contributed by atoms with E-state index in [-0.39, 0.29) is 21.7 Å². The monoisotopic (exact) mass is 461 g/mol. The molecule has 31 heavy (non-hydrogen) atoms. The van der Waals surface area contributed by atoms with Crippen LogP contribution in [0.2, 0.25) is 5.02 Å². The van der Waals surface area contributed by atoms with Crippen molar-refractivity contribution in [3.05, 3.63) is 59.1 Å². The fourth-order valence-electron chi connectivity index (χ4n) is 3.38. The second kappa shape index (κ2) is 9.40. The van der Waals surface area contributed by atoms with Gasteiger partial charge in [0.1, 0.15) is 0 Å². The molecule has 0 bridgehead atoms. The molecule has 0 saturated carbocycles. The Morgan fingerprint density at radius 2 is 1.87 bits per heavy atom. The number of aromatic nitrogens is 1. The van der Waals surface area contributed by atoms with Crippen molar-refractivity contribution < 1.29 is 17.6 Å². The third kappa shape index (κ3) is 5.10. The summed E-state index contributed by atoms with van der Waals surface area (Å²) < 4.78 is 37.9. The Labute approximate surface area is 186 Å². The fraction of sp³-hybridized carbons (Fsp3) is 0.318. The van der Waals surface area contributed by atoms with E-state index in [1.165, 1.54) is 12.1 Å². The lowest BCUT2D eigenvalue weighted by molar-refractivity contribution is 0.0398. The quantitative estimate of drug-likeness (QED) is 0.571. The molecule has 1 N–H and O–H groups in total. The number of anilines is 1. The van der Waals surface area contributed by atoms with Crippen LogP contribution in [0.4, 0.5) is 5.88 Å². The van der Waals surface area contributed by atoms with Gasteiger partial charge in [-0.05, 0) is 43.3 Å². The molecule has 9 heteroatoms. The van der Waals surface area contributed by atoms with Crippen LogP contribution < -0.4 is 5.32 Å². The number of benzene rings is 2. The molecule has 7 nitrogen and oxygen atoms in total. The highest BCUT2D eigenvalue weighted by Gasteiger charge is 2.28. The molecular formula is C22H24ClN3O4S. The van der Waals surface area contributed by atoms with Gasteiger partial charge in [-0.15, -0.1) is 0 Å². The highest BCUT2D eigenvalue weighted by Crippen LogP contribution is 2.33. The highest BCUT2D eigenvalue weighted by atomic mass is 35.5. The van der Waals surface area contributed by atoms with Crippen LogP contribution in [0.15, 0.2) is 62.9 Å². The Kier molecular flexibility index (Phi) is 6.62. The maximum atomic E-state index is 13.3. The Bertz CT molecular complexity index is 1140. The van der Waals surface area contributed by atoms with Gasteiger partial charge in [-0.2, -0.15) is 4.98 Å². The Morgan fingerprint density at radius 1 is 1.13 bits per heavy atom. The van der Waals surface area contributed by atoms with Gasteiger partial charge in [0.15, 0.2) is 0 Å². The molecule has 0 unspecified atom stereocenters. The van der Waals surface area contributed by atoms with E-state index >= 15 is 0 Å². The number of oxazole rings is 1. The second-order valence-electron chi connectivity index (χ2n) is 7.36. The number of aryl methyl sites for hydroxylation is 1. The van der Waals surface area contributed by atoms with Gasteiger partial charge in [0.05, 0.1) is 18.1 Å². The molecule has 0 atom stereocenters. The average molecular weight is 462 g/mol. The summed E-state index contributed by atoms with van der Waals surface area (Å²) in [6.45, 7) is 6.33. The number of hydrogen-bond acceptors (Lipinski definition) is 7. The van der Waals surface area contributed by atoms with Crippen molar-refractivity contribution in [1.29, 1.82) is 0 Å². The van der Waals surface area contributed by atoms with E-state index in [0.29, 0.717) is 30.3 Å². The molecule has 2 aromatic carbocycles. The summed E-state index contributed by atoms with van der Waals surface area (Å²) in [5, 5.41) is 3.47. The summed E-state index contributed by atoms with van der Waals surface area (Å²) in [5.41, 5.74) is 1.74. The number of ether oxygens (including phenoxy) is 1. The molecule has 0 aliphatic carbocycles. The fourth-order valence-corrected chi connectivity index (χ4v) is 4.78. The zero-order valence-corrected chi connectivity index (χ0v) is 18.7. The predicted molar refractivity (Wildman–Crippen MR) is 119 cm³/mol. The zero-order chi connectivity index (χ0) is 21.8. The van der Waals surface area contributed by atoms with Crippen LogP contribution in [0.25, 0.3) is 11.5 Å². The third-order valence-corrected chi connectivity index (χ3v) is 6.99. The molecule has 1 aromatic heterocycles. The molecule has 0 amide bonds. The number of morpholine rings is 1. The van der Waals surface area contributed by atoms with Crippen LogP contribution in [0.5, 0.6) is 0 Å². The molecule has 164 valence electrons. The second-order valence-corrected chi connectivity index (χ2v) is 9.66. The van der Waals surface area contributed by atoms with Crippen LogP contribution in [-0.4, -0.2) is 57.7 Å². The number of nitrogens with one attached hydrogen (secondary N) is 1. The lowest BCUT2D eigenvalue weighted by atomic mass is 10.1. The Morgan fingerprint density at radius 3 is 2.58 bits per heavy atom. The van der Waals surface area contributed by atoms with Crippen LogP contribution in [-0.2, 0) is 14.6 Å². The number of halogens is 1. The van der Waals surface area contributed by atoms with Gasteiger partial charge in [-0.3, -0.25) is 4.90 Å². The molecule has 1 fully saturated rings. The topological polar surface area (TPSA) is 84.7 Å². The van der Waals surface area contributed by atoms with Crippen LogP contribution in [0.3, 0.4) is 0 Å². The first-order valence-corrected chi connectivity index (χ1v) is 11.9. The van der Waals surface area contributed by atoms with E-state index in [0.717, 1.165) is 25.2 Å². The van der Waals surface area contributed by atoms with Gasteiger partial charge in [-0.1, -0.05) is 29.3 Å². The molecule has 1 aliphatic rings. The summed E-state index contributed by atoms with van der Waals surface area (Å²) in [6, 6.07) is 13.6. The van der Waals surface area contributed by atoms with Gasteiger partial charge in [-0.25, -0.2) is 8.42 Å². The highest BCUT2D eigenvalue weighted by molar-refractivity contribution is 7.91. The normalized spacial score (nSPS) is 15.2. The minimum atomic E-state index is -3.90. The minimum Gasteiger partial charge on any atom is -0.419 e. The third-order valence-electron chi connectivity index (χ3n) is 5.06. The molecule has 1 saturated heterocycles. The predicted octanol–water partition coefficient (Wildman–Crippen LogP) is 3.88. The van der Waals surface area contributed by atoms with Crippen molar-refractivity contribution in [2.45, 2.75) is 16.8 Å². The van der Waals surface area contributed by atoms with Gasteiger partial charge in [0, 0.05) is 36.8 Å². The molecule has 0 radical (unpaired) electrons. The summed E-state index contributed by atoms with van der Waals surface area (Å²) in [7, 11) is -3.90. The average Bonchev–Trinajstić information content (AvgIpc) is 3.20. The van der Waals surface area contributed by atoms with E-state index in [1.54, 1.807) is 12.1 Å². The minimum absolute atomic E-state index is 0.109. The number of hydrogen-bond donors (Lipinski definition) is 1. The van der Waals surface area contributed by atoms with E-state index in [1.807, 2.05) is 31.2 Å². The van der Waals surface area contributed by atoms with Crippen molar-refractivity contribution in [3.8, 4) is 11.5 Å². The van der Waals surface area contributed by atoms with Gasteiger partial charge in [0.2, 0.25) is 26.6 Å². The first kappa shape index (κ1) is 21.8. The maximum Gasteiger partial charge on any atom is 0.233 e. The lowest BCUT2D eigenvalue weighted by Gasteiger charge is -2.26. The Balaban J connectivity index is 1.65. The van der Waals surface area contributed by atoms with Gasteiger partial charge < -0.3 is 14.5 Å². The smallest absolute Gasteiger partial charge is 0.233 e. The van der Waals surface area contributed by atoms with E-state index in [9.17, 15) is 8.42 Å². The number of rotatable bonds is 7.